The van der Waals surface area contributed by atoms with E-state index in [1.165, 1.54) is 69.0 Å². The van der Waals surface area contributed by atoms with E-state index in [2.05, 4.69) is 111 Å². The second-order valence-electron chi connectivity index (χ2n) is 14.6. The van der Waals surface area contributed by atoms with Gasteiger partial charge in [-0.3, -0.25) is 0 Å². The molecule has 0 aliphatic heterocycles. The van der Waals surface area contributed by atoms with Crippen molar-refractivity contribution >= 4 is 16.3 Å². The molecule has 264 valence electrons. The van der Waals surface area contributed by atoms with E-state index in [0.29, 0.717) is 23.0 Å². The smallest absolute Gasteiger partial charge is 0.164 e. The largest absolute Gasteiger partial charge is 0.208 e. The van der Waals surface area contributed by atoms with E-state index in [-0.39, 0.29) is 5.41 Å². The summed E-state index contributed by atoms with van der Waals surface area (Å²) < 4.78 is 0. The van der Waals surface area contributed by atoms with Crippen LogP contribution >= 0.6 is 0 Å². The van der Waals surface area contributed by atoms with Crippen molar-refractivity contribution < 1.29 is 0 Å². The van der Waals surface area contributed by atoms with Gasteiger partial charge in [0.25, 0.3) is 0 Å². The van der Waals surface area contributed by atoms with Crippen LogP contribution in [0, 0.1) is 11.3 Å². The lowest BCUT2D eigenvalue weighted by molar-refractivity contribution is 0.353. The van der Waals surface area contributed by atoms with Gasteiger partial charge < -0.3 is 0 Å². The Morgan fingerprint density at radius 3 is 1.60 bits per heavy atom. The van der Waals surface area contributed by atoms with Gasteiger partial charge >= 0.3 is 0 Å². The number of hydrogen-bond acceptors (Lipinski definition) is 4. The molecule has 0 N–H and O–H groups in total. The van der Waals surface area contributed by atoms with Gasteiger partial charge in [0.1, 0.15) is 0 Å². The van der Waals surface area contributed by atoms with Gasteiger partial charge in [0.2, 0.25) is 0 Å². The van der Waals surface area contributed by atoms with Crippen molar-refractivity contribution in [2.24, 2.45) is 0 Å². The highest BCUT2D eigenvalue weighted by molar-refractivity contribution is 6.05. The molecule has 4 heteroatoms. The number of rotatable bonds is 6. The van der Waals surface area contributed by atoms with Crippen LogP contribution in [-0.4, -0.2) is 15.0 Å². The van der Waals surface area contributed by atoms with Crippen molar-refractivity contribution in [1.29, 1.82) is 5.26 Å². The molecule has 7 aromatic rings. The van der Waals surface area contributed by atoms with Crippen LogP contribution in [0.3, 0.4) is 0 Å². The maximum atomic E-state index is 9.70. The van der Waals surface area contributed by atoms with Crippen molar-refractivity contribution in [2.45, 2.75) is 44.4 Å². The van der Waals surface area contributed by atoms with Gasteiger partial charge in [0.05, 0.1) is 6.07 Å². The zero-order chi connectivity index (χ0) is 37.4. The first kappa shape index (κ1) is 34.1. The summed E-state index contributed by atoms with van der Waals surface area (Å²) >= 11 is 0. The van der Waals surface area contributed by atoms with Gasteiger partial charge in [-0.05, 0) is 87.2 Å². The minimum absolute atomic E-state index is 0.0923. The number of aromatic nitrogens is 3. The zero-order valence-corrected chi connectivity index (χ0v) is 31.0. The Kier molecular flexibility index (Phi) is 8.84. The number of fused-ring (bicyclic) bond motifs is 3. The molecule has 6 aromatic carbocycles. The number of allylic oxidation sites excluding steroid dienone is 5. The molecule has 9 rings (SSSR count). The summed E-state index contributed by atoms with van der Waals surface area (Å²) in [6.07, 6.45) is 10.1. The third-order valence-corrected chi connectivity index (χ3v) is 11.5. The van der Waals surface area contributed by atoms with E-state index in [1.807, 2.05) is 60.7 Å². The summed E-state index contributed by atoms with van der Waals surface area (Å²) in [6.45, 7) is 6.17. The Morgan fingerprint density at radius 2 is 1.05 bits per heavy atom. The van der Waals surface area contributed by atoms with Crippen LogP contribution in [0.4, 0.5) is 0 Å². The molecule has 1 heterocycles. The van der Waals surface area contributed by atoms with E-state index < -0.39 is 0 Å². The molecule has 4 nitrogen and oxygen atoms in total. The quantitative estimate of drug-likeness (QED) is 0.161. The van der Waals surface area contributed by atoms with Crippen molar-refractivity contribution in [3.8, 4) is 62.5 Å². The molecule has 1 fully saturated rings. The van der Waals surface area contributed by atoms with Crippen LogP contribution in [0.5, 0.6) is 0 Å². The molecule has 0 unspecified atom stereocenters. The Bertz CT molecular complexity index is 2630. The van der Waals surface area contributed by atoms with Crippen molar-refractivity contribution in [1.82, 2.24) is 15.0 Å². The third kappa shape index (κ3) is 6.08. The molecule has 1 aromatic heterocycles. The molecule has 2 aliphatic carbocycles. The van der Waals surface area contributed by atoms with Crippen molar-refractivity contribution in [3.05, 3.63) is 181 Å². The third-order valence-electron chi connectivity index (χ3n) is 11.5. The monoisotopic (exact) mass is 708 g/mol. The summed E-state index contributed by atoms with van der Waals surface area (Å²) in [7, 11) is 0. The zero-order valence-electron chi connectivity index (χ0n) is 31.0. The van der Waals surface area contributed by atoms with E-state index >= 15 is 0 Å². The Morgan fingerprint density at radius 1 is 0.582 bits per heavy atom. The fourth-order valence-electron chi connectivity index (χ4n) is 8.86. The average Bonchev–Trinajstić information content (AvgIpc) is 3.50. The lowest BCUT2D eigenvalue weighted by Gasteiger charge is -2.36. The number of nitriles is 1. The molecule has 1 spiro atoms. The van der Waals surface area contributed by atoms with Crippen LogP contribution < -0.4 is 0 Å². The van der Waals surface area contributed by atoms with Gasteiger partial charge in [-0.1, -0.05) is 165 Å². The van der Waals surface area contributed by atoms with Gasteiger partial charge in [-0.25, -0.2) is 15.0 Å². The topological polar surface area (TPSA) is 62.5 Å². The minimum atomic E-state index is -0.0923. The molecule has 0 radical (unpaired) electrons. The first-order valence-corrected chi connectivity index (χ1v) is 19.2. The summed E-state index contributed by atoms with van der Waals surface area (Å²) in [6, 6.07) is 51.3. The van der Waals surface area contributed by atoms with E-state index in [9.17, 15) is 5.26 Å². The maximum absolute atomic E-state index is 9.70. The van der Waals surface area contributed by atoms with Crippen LogP contribution in [0.1, 0.15) is 50.2 Å². The average molecular weight is 709 g/mol. The maximum Gasteiger partial charge on any atom is 0.164 e. The van der Waals surface area contributed by atoms with Crippen molar-refractivity contribution in [2.75, 3.05) is 0 Å². The first-order valence-electron chi connectivity index (χ1n) is 19.2. The molecular weight excluding hydrogens is 669 g/mol. The molecule has 0 saturated heterocycles. The van der Waals surface area contributed by atoms with Crippen LogP contribution in [0.15, 0.2) is 169 Å². The molecule has 55 heavy (non-hydrogen) atoms. The molecule has 2 aliphatic rings. The highest BCUT2D eigenvalue weighted by Crippen LogP contribution is 2.57. The van der Waals surface area contributed by atoms with Crippen molar-refractivity contribution in [3.63, 3.8) is 0 Å². The summed E-state index contributed by atoms with van der Waals surface area (Å²) in [5.74, 6) is 1.94. The Labute approximate surface area is 322 Å². The fourth-order valence-corrected chi connectivity index (χ4v) is 8.86. The predicted molar refractivity (Wildman–Crippen MR) is 226 cm³/mol. The molecule has 0 bridgehead atoms. The Hall–Kier alpha value is -6.70. The Balaban J connectivity index is 1.11. The van der Waals surface area contributed by atoms with E-state index in [1.54, 1.807) is 0 Å². The SMILES string of the molecule is C=C(C#N)C=C1/C(=C\C)c2ccc(-c3ccc(-c4ccc(-c5nc(-c6ccccc6)nc(-c6ccccc6)n5)cc4)c4ccccc34)cc2C12CCCCC2. The molecule has 0 atom stereocenters. The number of hydrogen-bond donors (Lipinski definition) is 0. The summed E-state index contributed by atoms with van der Waals surface area (Å²) in [4.78, 5) is 14.7. The second kappa shape index (κ2) is 14.3. The molecule has 1 saturated carbocycles. The number of benzene rings is 6. The fraction of sp³-hybridized carbons (Fsp3) is 0.137. The predicted octanol–water partition coefficient (Wildman–Crippen LogP) is 13.0. The van der Waals surface area contributed by atoms with Gasteiger partial charge in [-0.2, -0.15) is 5.26 Å². The van der Waals surface area contributed by atoms with E-state index in [0.717, 1.165) is 35.1 Å². The van der Waals surface area contributed by atoms with Crippen LogP contribution in [-0.2, 0) is 5.41 Å². The minimum Gasteiger partial charge on any atom is -0.208 e. The lowest BCUT2D eigenvalue weighted by Crippen LogP contribution is -2.28. The highest BCUT2D eigenvalue weighted by atomic mass is 15.0. The van der Waals surface area contributed by atoms with Crippen LogP contribution in [0.25, 0.3) is 72.8 Å². The van der Waals surface area contributed by atoms with Gasteiger partial charge in [0, 0.05) is 27.7 Å². The van der Waals surface area contributed by atoms with Crippen LogP contribution in [0.2, 0.25) is 0 Å². The normalized spacial score (nSPS) is 16.0. The molecular formula is C51H40N4. The number of nitrogens with zero attached hydrogens (tertiary/aromatic N) is 4. The van der Waals surface area contributed by atoms with E-state index in [4.69, 9.17) is 15.0 Å². The lowest BCUT2D eigenvalue weighted by atomic mass is 9.67. The summed E-state index contributed by atoms with van der Waals surface area (Å²) in [5, 5.41) is 12.1. The molecule has 0 amide bonds. The first-order chi connectivity index (χ1) is 27.1. The standard InChI is InChI=1S/C51H40N4/c1-3-40-45-26-25-39(32-47(45)51(29-13-6-14-30-51)46(40)31-34(2)33-52)42-28-27-41(43-19-11-12-20-44(42)43)35-21-23-38(24-22-35)50-54-48(36-15-7-4-8-16-36)53-49(55-50)37-17-9-5-10-18-37/h3-5,7-12,15-28,31-32H,2,6,13-14,29-30H2,1H3/b40-3-,46-31?. The van der Waals surface area contributed by atoms with Gasteiger partial charge in [-0.15, -0.1) is 0 Å². The second-order valence-corrected chi connectivity index (χ2v) is 14.6. The highest BCUT2D eigenvalue weighted by Gasteiger charge is 2.45. The van der Waals surface area contributed by atoms with Gasteiger partial charge in [0.15, 0.2) is 17.5 Å². The summed E-state index contributed by atoms with van der Waals surface area (Å²) in [5.41, 5.74) is 13.2.